The Kier molecular flexibility index (Phi) is 4.04. The SMILES string of the molecule is CC(C)CC1(CNc2ncncc2N)CCCC1. The van der Waals surface area contributed by atoms with E-state index in [1.54, 1.807) is 12.5 Å². The highest BCUT2D eigenvalue weighted by atomic mass is 15.0. The summed E-state index contributed by atoms with van der Waals surface area (Å²) in [6.45, 7) is 5.59. The quantitative estimate of drug-likeness (QED) is 0.840. The van der Waals surface area contributed by atoms with Crippen molar-refractivity contribution in [3.05, 3.63) is 12.5 Å². The Labute approximate surface area is 109 Å². The number of aromatic nitrogens is 2. The number of rotatable bonds is 5. The van der Waals surface area contributed by atoms with Crippen LogP contribution in [0.15, 0.2) is 12.5 Å². The molecule has 18 heavy (non-hydrogen) atoms. The van der Waals surface area contributed by atoms with Crippen molar-refractivity contribution >= 4 is 11.5 Å². The number of nitrogens with two attached hydrogens (primary N) is 1. The molecule has 1 aliphatic rings. The largest absolute Gasteiger partial charge is 0.394 e. The number of nitrogen functional groups attached to an aromatic ring is 1. The summed E-state index contributed by atoms with van der Waals surface area (Å²) < 4.78 is 0. The molecule has 1 aromatic heterocycles. The molecule has 1 aliphatic carbocycles. The zero-order chi connectivity index (χ0) is 13.0. The van der Waals surface area contributed by atoms with Crippen LogP contribution in [-0.4, -0.2) is 16.5 Å². The smallest absolute Gasteiger partial charge is 0.152 e. The highest BCUT2D eigenvalue weighted by molar-refractivity contribution is 5.58. The Hall–Kier alpha value is -1.32. The van der Waals surface area contributed by atoms with Gasteiger partial charge in [-0.1, -0.05) is 26.7 Å². The van der Waals surface area contributed by atoms with Gasteiger partial charge in [0.2, 0.25) is 0 Å². The second-order valence-electron chi connectivity index (χ2n) is 5.99. The Balaban J connectivity index is 2.00. The van der Waals surface area contributed by atoms with E-state index in [9.17, 15) is 0 Å². The Morgan fingerprint density at radius 1 is 1.39 bits per heavy atom. The summed E-state index contributed by atoms with van der Waals surface area (Å²) in [5.74, 6) is 1.52. The van der Waals surface area contributed by atoms with Crippen LogP contribution in [0.4, 0.5) is 11.5 Å². The molecule has 1 heterocycles. The van der Waals surface area contributed by atoms with Crippen LogP contribution in [0.1, 0.15) is 46.0 Å². The van der Waals surface area contributed by atoms with Crippen LogP contribution in [0, 0.1) is 11.3 Å². The molecule has 1 aromatic rings. The summed E-state index contributed by atoms with van der Waals surface area (Å²) >= 11 is 0. The summed E-state index contributed by atoms with van der Waals surface area (Å²) in [5.41, 5.74) is 6.93. The van der Waals surface area contributed by atoms with Gasteiger partial charge >= 0.3 is 0 Å². The van der Waals surface area contributed by atoms with Crippen molar-refractivity contribution in [2.75, 3.05) is 17.6 Å². The van der Waals surface area contributed by atoms with Gasteiger partial charge in [0.15, 0.2) is 5.82 Å². The van der Waals surface area contributed by atoms with Crippen LogP contribution in [0.2, 0.25) is 0 Å². The molecule has 100 valence electrons. The van der Waals surface area contributed by atoms with E-state index in [2.05, 4.69) is 29.1 Å². The third-order valence-corrected chi connectivity index (χ3v) is 3.88. The van der Waals surface area contributed by atoms with Crippen molar-refractivity contribution in [1.29, 1.82) is 0 Å². The highest BCUT2D eigenvalue weighted by Gasteiger charge is 2.34. The maximum Gasteiger partial charge on any atom is 0.152 e. The molecule has 0 unspecified atom stereocenters. The fraction of sp³-hybridized carbons (Fsp3) is 0.714. The average Bonchev–Trinajstić information content (AvgIpc) is 2.76. The van der Waals surface area contributed by atoms with Gasteiger partial charge in [-0.25, -0.2) is 9.97 Å². The molecule has 4 nitrogen and oxygen atoms in total. The molecule has 1 fully saturated rings. The first-order valence-corrected chi connectivity index (χ1v) is 6.91. The summed E-state index contributed by atoms with van der Waals surface area (Å²) in [4.78, 5) is 8.12. The van der Waals surface area contributed by atoms with Gasteiger partial charge in [0.1, 0.15) is 6.33 Å². The second-order valence-corrected chi connectivity index (χ2v) is 5.99. The van der Waals surface area contributed by atoms with Gasteiger partial charge in [0, 0.05) is 6.54 Å². The van der Waals surface area contributed by atoms with E-state index in [1.165, 1.54) is 32.1 Å². The summed E-state index contributed by atoms with van der Waals surface area (Å²) in [7, 11) is 0. The highest BCUT2D eigenvalue weighted by Crippen LogP contribution is 2.43. The van der Waals surface area contributed by atoms with Crippen LogP contribution in [0.3, 0.4) is 0 Å². The molecule has 0 aliphatic heterocycles. The topological polar surface area (TPSA) is 63.8 Å². The van der Waals surface area contributed by atoms with Gasteiger partial charge in [-0.2, -0.15) is 0 Å². The van der Waals surface area contributed by atoms with E-state index in [0.29, 0.717) is 11.1 Å². The minimum Gasteiger partial charge on any atom is -0.394 e. The van der Waals surface area contributed by atoms with E-state index >= 15 is 0 Å². The third kappa shape index (κ3) is 3.12. The number of nitrogens with zero attached hydrogens (tertiary/aromatic N) is 2. The lowest BCUT2D eigenvalue weighted by Crippen LogP contribution is -2.29. The molecule has 1 saturated carbocycles. The first kappa shape index (κ1) is 13.1. The van der Waals surface area contributed by atoms with Crippen LogP contribution in [0.5, 0.6) is 0 Å². The van der Waals surface area contributed by atoms with Crippen molar-refractivity contribution in [2.24, 2.45) is 11.3 Å². The molecule has 0 bridgehead atoms. The number of hydrogen-bond acceptors (Lipinski definition) is 4. The molecular weight excluding hydrogens is 224 g/mol. The van der Waals surface area contributed by atoms with Crippen LogP contribution in [-0.2, 0) is 0 Å². The Bertz CT molecular complexity index is 383. The van der Waals surface area contributed by atoms with Gasteiger partial charge in [-0.15, -0.1) is 0 Å². The third-order valence-electron chi connectivity index (χ3n) is 3.88. The molecule has 0 radical (unpaired) electrons. The molecule has 3 N–H and O–H groups in total. The van der Waals surface area contributed by atoms with Crippen molar-refractivity contribution in [3.63, 3.8) is 0 Å². The number of nitrogens with one attached hydrogen (secondary N) is 1. The average molecular weight is 248 g/mol. The Morgan fingerprint density at radius 2 is 2.11 bits per heavy atom. The van der Waals surface area contributed by atoms with Crippen molar-refractivity contribution in [1.82, 2.24) is 9.97 Å². The second kappa shape index (κ2) is 5.55. The van der Waals surface area contributed by atoms with Crippen LogP contribution >= 0.6 is 0 Å². The van der Waals surface area contributed by atoms with Crippen molar-refractivity contribution in [3.8, 4) is 0 Å². The first-order valence-electron chi connectivity index (χ1n) is 6.91. The van der Waals surface area contributed by atoms with Gasteiger partial charge in [0.05, 0.1) is 11.9 Å². The predicted molar refractivity (Wildman–Crippen MR) is 75.3 cm³/mol. The normalized spacial score (nSPS) is 18.2. The van der Waals surface area contributed by atoms with E-state index in [-0.39, 0.29) is 0 Å². The molecule has 0 saturated heterocycles. The minimum absolute atomic E-state index is 0.436. The molecule has 0 aromatic carbocycles. The zero-order valence-corrected chi connectivity index (χ0v) is 11.4. The fourth-order valence-corrected chi connectivity index (χ4v) is 3.20. The molecule has 0 spiro atoms. The lowest BCUT2D eigenvalue weighted by molar-refractivity contribution is 0.252. The zero-order valence-electron chi connectivity index (χ0n) is 11.4. The summed E-state index contributed by atoms with van der Waals surface area (Å²) in [6.07, 6.45) is 9.83. The van der Waals surface area contributed by atoms with E-state index < -0.39 is 0 Å². The van der Waals surface area contributed by atoms with E-state index in [4.69, 9.17) is 5.73 Å². The van der Waals surface area contributed by atoms with Crippen LogP contribution < -0.4 is 11.1 Å². The monoisotopic (exact) mass is 248 g/mol. The molecular formula is C14H24N4. The van der Waals surface area contributed by atoms with E-state index in [1.807, 2.05) is 0 Å². The van der Waals surface area contributed by atoms with Crippen LogP contribution in [0.25, 0.3) is 0 Å². The van der Waals surface area contributed by atoms with Gasteiger partial charge in [0.25, 0.3) is 0 Å². The van der Waals surface area contributed by atoms with Crippen molar-refractivity contribution in [2.45, 2.75) is 46.0 Å². The molecule has 0 atom stereocenters. The molecule has 2 rings (SSSR count). The summed E-state index contributed by atoms with van der Waals surface area (Å²) in [6, 6.07) is 0. The lowest BCUT2D eigenvalue weighted by Gasteiger charge is -2.31. The maximum absolute atomic E-state index is 5.86. The number of anilines is 2. The van der Waals surface area contributed by atoms with Gasteiger partial charge in [-0.3, -0.25) is 0 Å². The van der Waals surface area contributed by atoms with E-state index in [0.717, 1.165) is 18.3 Å². The number of hydrogen-bond donors (Lipinski definition) is 2. The predicted octanol–water partition coefficient (Wildman–Crippen LogP) is 3.08. The first-order chi connectivity index (χ1) is 8.61. The van der Waals surface area contributed by atoms with Crippen molar-refractivity contribution < 1.29 is 0 Å². The standard InChI is InChI=1S/C14H24N4/c1-11(2)7-14(5-3-4-6-14)9-17-13-12(15)8-16-10-18-13/h8,10-11H,3-7,9,15H2,1-2H3,(H,16,17,18). The fourth-order valence-electron chi connectivity index (χ4n) is 3.20. The minimum atomic E-state index is 0.436. The molecule has 4 heteroatoms. The lowest BCUT2D eigenvalue weighted by atomic mass is 9.78. The van der Waals surface area contributed by atoms with Gasteiger partial charge < -0.3 is 11.1 Å². The maximum atomic E-state index is 5.86. The summed E-state index contributed by atoms with van der Waals surface area (Å²) in [5, 5.41) is 3.42. The Morgan fingerprint density at radius 3 is 2.72 bits per heavy atom. The molecule has 0 amide bonds. The van der Waals surface area contributed by atoms with Gasteiger partial charge in [-0.05, 0) is 30.6 Å².